The van der Waals surface area contributed by atoms with Crippen LogP contribution in [0.1, 0.15) is 25.7 Å². The van der Waals surface area contributed by atoms with Crippen molar-refractivity contribution in [2.75, 3.05) is 0 Å². The summed E-state index contributed by atoms with van der Waals surface area (Å²) >= 11 is 0. The van der Waals surface area contributed by atoms with Crippen molar-refractivity contribution in [3.05, 3.63) is 0 Å². The van der Waals surface area contributed by atoms with Crippen LogP contribution >= 0.6 is 0 Å². The van der Waals surface area contributed by atoms with Crippen LogP contribution in [0.4, 0.5) is 12.9 Å². The van der Waals surface area contributed by atoms with E-state index < -0.39 is 12.8 Å². The molecule has 1 saturated carbocycles. The Morgan fingerprint density at radius 2 is 1.64 bits per heavy atom. The summed E-state index contributed by atoms with van der Waals surface area (Å²) in [6, 6.07) is 0. The Hall–Kier alpha value is -0.475. The molecule has 0 aliphatic heterocycles. The second kappa shape index (κ2) is 2.87. The molecule has 0 amide bonds. The van der Waals surface area contributed by atoms with Crippen molar-refractivity contribution < 1.29 is 17.7 Å². The lowest BCUT2D eigenvalue weighted by Crippen LogP contribution is -2.28. The second-order valence-electron chi connectivity index (χ2n) is 3.00. The number of carbonyl (C=O) groups is 1. The summed E-state index contributed by atoms with van der Waals surface area (Å²) in [5.41, 5.74) is 0. The van der Waals surface area contributed by atoms with Gasteiger partial charge < -0.3 is 12.9 Å². The first-order valence-electron chi connectivity index (χ1n) is 3.72. The molecule has 1 aliphatic rings. The SMILES string of the molecule is O=C1CCC([B-](F)(F)F)CC1. The highest BCUT2D eigenvalue weighted by Gasteiger charge is 2.36. The molecule has 1 nitrogen and oxygen atoms in total. The molecule has 1 aliphatic carbocycles. The number of Topliss-reactive ketones (excluding diaryl/α,β-unsaturated/α-hetero) is 1. The largest absolute Gasteiger partial charge is 0.481 e. The Morgan fingerprint density at radius 1 is 1.18 bits per heavy atom. The lowest BCUT2D eigenvalue weighted by molar-refractivity contribution is -0.120. The number of ketones is 1. The fourth-order valence-electron chi connectivity index (χ4n) is 1.34. The zero-order valence-corrected chi connectivity index (χ0v) is 6.03. The summed E-state index contributed by atoms with van der Waals surface area (Å²) < 4.78 is 36.1. The Labute approximate surface area is 63.0 Å². The van der Waals surface area contributed by atoms with Crippen LogP contribution in [0, 0.1) is 0 Å². The first kappa shape index (κ1) is 8.62. The Kier molecular flexibility index (Phi) is 2.25. The minimum atomic E-state index is -4.70. The van der Waals surface area contributed by atoms with Gasteiger partial charge in [-0.2, -0.15) is 0 Å². The molecule has 0 radical (unpaired) electrons. The average Bonchev–Trinajstić information content (AvgIpc) is 1.86. The maximum atomic E-state index is 12.0. The minimum Gasteiger partial charge on any atom is -0.449 e. The third-order valence-corrected chi connectivity index (χ3v) is 2.12. The molecule has 0 bridgehead atoms. The first-order chi connectivity index (χ1) is 5.00. The van der Waals surface area contributed by atoms with E-state index in [1.165, 1.54) is 0 Å². The molecule has 0 spiro atoms. The van der Waals surface area contributed by atoms with Gasteiger partial charge >= 0.3 is 6.98 Å². The third-order valence-electron chi connectivity index (χ3n) is 2.12. The molecule has 11 heavy (non-hydrogen) atoms. The Bertz CT molecular complexity index is 156. The zero-order chi connectivity index (χ0) is 8.48. The highest BCUT2D eigenvalue weighted by molar-refractivity contribution is 6.60. The van der Waals surface area contributed by atoms with Crippen molar-refractivity contribution in [1.29, 1.82) is 0 Å². The average molecular weight is 165 g/mol. The smallest absolute Gasteiger partial charge is 0.449 e. The molecule has 0 heterocycles. The molecule has 0 N–H and O–H groups in total. The quantitative estimate of drug-likeness (QED) is 0.545. The molecule has 1 fully saturated rings. The number of carbonyl (C=O) groups excluding carboxylic acids is 1. The van der Waals surface area contributed by atoms with Gasteiger partial charge in [-0.25, -0.2) is 0 Å². The van der Waals surface area contributed by atoms with Crippen LogP contribution in [0.5, 0.6) is 0 Å². The van der Waals surface area contributed by atoms with Gasteiger partial charge in [0.25, 0.3) is 0 Å². The van der Waals surface area contributed by atoms with Gasteiger partial charge in [-0.15, -0.1) is 0 Å². The number of hydrogen-bond acceptors (Lipinski definition) is 1. The molecular weight excluding hydrogens is 156 g/mol. The fraction of sp³-hybridized carbons (Fsp3) is 0.833. The highest BCUT2D eigenvalue weighted by Crippen LogP contribution is 2.37. The predicted molar refractivity (Wildman–Crippen MR) is 36.3 cm³/mol. The van der Waals surface area contributed by atoms with Crippen molar-refractivity contribution in [3.8, 4) is 0 Å². The van der Waals surface area contributed by atoms with Crippen molar-refractivity contribution in [2.45, 2.75) is 31.5 Å². The molecule has 0 unspecified atom stereocenters. The molecule has 0 atom stereocenters. The predicted octanol–water partition coefficient (Wildman–Crippen LogP) is 2.35. The van der Waals surface area contributed by atoms with Crippen LogP contribution in [-0.2, 0) is 4.79 Å². The van der Waals surface area contributed by atoms with Crippen molar-refractivity contribution in [2.24, 2.45) is 0 Å². The van der Waals surface area contributed by atoms with Crippen LogP contribution in [-0.4, -0.2) is 12.8 Å². The Balaban J connectivity index is 2.45. The molecular formula is C6H9BF3O-. The lowest BCUT2D eigenvalue weighted by atomic mass is 9.65. The van der Waals surface area contributed by atoms with E-state index >= 15 is 0 Å². The number of halogens is 3. The van der Waals surface area contributed by atoms with Gasteiger partial charge in [0.05, 0.1) is 0 Å². The third kappa shape index (κ3) is 2.24. The summed E-state index contributed by atoms with van der Waals surface area (Å²) in [5, 5.41) is 0. The monoisotopic (exact) mass is 165 g/mol. The van der Waals surface area contributed by atoms with E-state index in [4.69, 9.17) is 0 Å². The number of rotatable bonds is 1. The maximum absolute atomic E-state index is 12.0. The second-order valence-corrected chi connectivity index (χ2v) is 3.00. The first-order valence-corrected chi connectivity index (χ1v) is 3.72. The summed E-state index contributed by atoms with van der Waals surface area (Å²) in [6.45, 7) is -4.70. The van der Waals surface area contributed by atoms with E-state index in [1.54, 1.807) is 0 Å². The fourth-order valence-corrected chi connectivity index (χ4v) is 1.34. The van der Waals surface area contributed by atoms with Gasteiger partial charge in [-0.1, -0.05) is 18.7 Å². The van der Waals surface area contributed by atoms with Gasteiger partial charge in [0.1, 0.15) is 5.78 Å². The Morgan fingerprint density at radius 3 is 2.00 bits per heavy atom. The summed E-state index contributed by atoms with van der Waals surface area (Å²) in [6.07, 6.45) is 0.266. The van der Waals surface area contributed by atoms with E-state index in [0.29, 0.717) is 0 Å². The molecule has 0 saturated heterocycles. The van der Waals surface area contributed by atoms with Gasteiger partial charge in [-0.05, 0) is 0 Å². The van der Waals surface area contributed by atoms with E-state index in [2.05, 4.69) is 0 Å². The standard InChI is InChI=1S/C6H9BF3O/c8-7(9,10)5-1-3-6(11)4-2-5/h5H,1-4H2/q-1. The molecule has 0 aromatic heterocycles. The van der Waals surface area contributed by atoms with Crippen molar-refractivity contribution in [3.63, 3.8) is 0 Å². The van der Waals surface area contributed by atoms with Crippen molar-refractivity contribution in [1.82, 2.24) is 0 Å². The molecule has 0 aromatic rings. The zero-order valence-electron chi connectivity index (χ0n) is 6.03. The summed E-state index contributed by atoms with van der Waals surface area (Å²) in [4.78, 5) is 10.6. The van der Waals surface area contributed by atoms with Crippen LogP contribution < -0.4 is 0 Å². The minimum absolute atomic E-state index is 0.0162. The molecule has 5 heteroatoms. The molecule has 1 rings (SSSR count). The van der Waals surface area contributed by atoms with Gasteiger partial charge in [0.15, 0.2) is 0 Å². The normalized spacial score (nSPS) is 22.3. The van der Waals surface area contributed by atoms with Crippen LogP contribution in [0.3, 0.4) is 0 Å². The van der Waals surface area contributed by atoms with Gasteiger partial charge in [-0.3, -0.25) is 4.79 Å². The van der Waals surface area contributed by atoms with Crippen LogP contribution in [0.2, 0.25) is 5.82 Å². The topological polar surface area (TPSA) is 17.1 Å². The van der Waals surface area contributed by atoms with Gasteiger partial charge in [0.2, 0.25) is 0 Å². The van der Waals surface area contributed by atoms with E-state index in [1.807, 2.05) is 0 Å². The highest BCUT2D eigenvalue weighted by atomic mass is 19.4. The maximum Gasteiger partial charge on any atom is 0.481 e. The van der Waals surface area contributed by atoms with Crippen LogP contribution in [0.15, 0.2) is 0 Å². The van der Waals surface area contributed by atoms with Crippen molar-refractivity contribution >= 4 is 12.8 Å². The summed E-state index contributed by atoms with van der Waals surface area (Å²) in [5.74, 6) is -1.20. The molecule has 0 aromatic carbocycles. The summed E-state index contributed by atoms with van der Waals surface area (Å²) in [7, 11) is 0. The lowest BCUT2D eigenvalue weighted by Gasteiger charge is -2.29. The van der Waals surface area contributed by atoms with E-state index in [0.717, 1.165) is 0 Å². The number of hydrogen-bond donors (Lipinski definition) is 0. The van der Waals surface area contributed by atoms with E-state index in [-0.39, 0.29) is 31.5 Å². The van der Waals surface area contributed by atoms with Gasteiger partial charge in [0, 0.05) is 12.8 Å². The molecule has 64 valence electrons. The van der Waals surface area contributed by atoms with Crippen LogP contribution in [0.25, 0.3) is 0 Å². The van der Waals surface area contributed by atoms with E-state index in [9.17, 15) is 17.7 Å².